The topological polar surface area (TPSA) is 58.2 Å². The number of halogens is 2. The van der Waals surface area contributed by atoms with Crippen molar-refractivity contribution in [2.75, 3.05) is 17.0 Å². The van der Waals surface area contributed by atoms with Crippen LogP contribution in [0.4, 0.5) is 10.1 Å². The summed E-state index contributed by atoms with van der Waals surface area (Å²) < 4.78 is 39.5. The molecule has 0 bridgehead atoms. The van der Waals surface area contributed by atoms with Gasteiger partial charge in [-0.2, -0.15) is 0 Å². The molecule has 0 radical (unpaired) electrons. The van der Waals surface area contributed by atoms with Gasteiger partial charge in [0, 0.05) is 11.7 Å². The number of rotatable bonds is 4. The van der Waals surface area contributed by atoms with Gasteiger partial charge in [0.05, 0.1) is 10.2 Å². The van der Waals surface area contributed by atoms with Crippen LogP contribution in [-0.4, -0.2) is 26.8 Å². The van der Waals surface area contributed by atoms with Gasteiger partial charge < -0.3 is 5.32 Å². The van der Waals surface area contributed by atoms with E-state index in [2.05, 4.69) is 26.0 Å². The van der Waals surface area contributed by atoms with Crippen LogP contribution in [0.25, 0.3) is 0 Å². The molecule has 0 aliphatic carbocycles. The van der Waals surface area contributed by atoms with Crippen molar-refractivity contribution >= 4 is 31.6 Å². The van der Waals surface area contributed by atoms with Gasteiger partial charge in [-0.15, -0.1) is 0 Å². The fourth-order valence-electron chi connectivity index (χ4n) is 1.94. The van der Waals surface area contributed by atoms with E-state index in [9.17, 15) is 12.8 Å². The second-order valence-corrected chi connectivity index (χ2v) is 6.93. The summed E-state index contributed by atoms with van der Waals surface area (Å²) in [7, 11) is -3.40. The highest BCUT2D eigenvalue weighted by atomic mass is 79.9. The van der Waals surface area contributed by atoms with Gasteiger partial charge in [0.1, 0.15) is 5.82 Å². The van der Waals surface area contributed by atoms with Crippen molar-refractivity contribution in [3.8, 4) is 0 Å². The van der Waals surface area contributed by atoms with Crippen molar-refractivity contribution in [2.24, 2.45) is 0 Å². The molecule has 4 nitrogen and oxygen atoms in total. The summed E-state index contributed by atoms with van der Waals surface area (Å²) in [6.45, 7) is 0.863. The van der Waals surface area contributed by atoms with Crippen LogP contribution in [0.3, 0.4) is 0 Å². The van der Waals surface area contributed by atoms with Gasteiger partial charge in [-0.1, -0.05) is 0 Å². The van der Waals surface area contributed by atoms with Crippen LogP contribution in [0, 0.1) is 5.82 Å². The highest BCUT2D eigenvalue weighted by Crippen LogP contribution is 2.21. The van der Waals surface area contributed by atoms with Crippen LogP contribution in [0.5, 0.6) is 0 Å². The lowest BCUT2D eigenvalue weighted by Crippen LogP contribution is -2.32. The zero-order valence-electron chi connectivity index (χ0n) is 9.62. The Morgan fingerprint density at radius 1 is 1.50 bits per heavy atom. The Balaban J connectivity index is 2.04. The Hall–Kier alpha value is -0.660. The number of hydrogen-bond donors (Lipinski definition) is 2. The van der Waals surface area contributed by atoms with Crippen LogP contribution < -0.4 is 10.0 Å². The zero-order chi connectivity index (χ0) is 13.2. The molecule has 1 atom stereocenters. The maximum atomic E-state index is 13.0. The predicted molar refractivity (Wildman–Crippen MR) is 72.5 cm³/mol. The minimum Gasteiger partial charge on any atom is -0.313 e. The van der Waals surface area contributed by atoms with Gasteiger partial charge in [-0.05, 0) is 53.5 Å². The molecule has 7 heteroatoms. The van der Waals surface area contributed by atoms with E-state index in [0.717, 1.165) is 19.4 Å². The zero-order valence-corrected chi connectivity index (χ0v) is 12.0. The predicted octanol–water partition coefficient (Wildman–Crippen LogP) is 2.08. The van der Waals surface area contributed by atoms with Gasteiger partial charge >= 0.3 is 0 Å². The summed E-state index contributed by atoms with van der Waals surface area (Å²) in [6, 6.07) is 4.04. The number of anilines is 1. The molecule has 1 fully saturated rings. The fourth-order valence-corrected chi connectivity index (χ4v) is 3.71. The number of hydrogen-bond acceptors (Lipinski definition) is 3. The van der Waals surface area contributed by atoms with Crippen molar-refractivity contribution in [3.63, 3.8) is 0 Å². The third-order valence-corrected chi connectivity index (χ3v) is 4.77. The van der Waals surface area contributed by atoms with Gasteiger partial charge in [0.2, 0.25) is 10.0 Å². The standard InChI is InChI=1S/C11H14BrFN2O2S/c12-10-6-8(3-4-11(10)13)15-18(16,17)7-9-2-1-5-14-9/h3-4,6,9,14-15H,1-2,5,7H2. The Morgan fingerprint density at radius 3 is 2.89 bits per heavy atom. The molecule has 0 spiro atoms. The summed E-state index contributed by atoms with van der Waals surface area (Å²) in [5.41, 5.74) is 0.362. The molecule has 0 aromatic heterocycles. The first-order chi connectivity index (χ1) is 8.46. The van der Waals surface area contributed by atoms with Gasteiger partial charge in [-0.25, -0.2) is 12.8 Å². The van der Waals surface area contributed by atoms with Crippen LogP contribution in [0.1, 0.15) is 12.8 Å². The second-order valence-electron chi connectivity index (χ2n) is 4.31. The third-order valence-electron chi connectivity index (χ3n) is 2.78. The molecule has 0 saturated carbocycles. The average molecular weight is 337 g/mol. The molecular formula is C11H14BrFN2O2S. The van der Waals surface area contributed by atoms with Crippen LogP contribution >= 0.6 is 15.9 Å². The highest BCUT2D eigenvalue weighted by Gasteiger charge is 2.22. The lowest BCUT2D eigenvalue weighted by Gasteiger charge is -2.12. The quantitative estimate of drug-likeness (QED) is 0.885. The summed E-state index contributed by atoms with van der Waals surface area (Å²) >= 11 is 3.02. The highest BCUT2D eigenvalue weighted by molar-refractivity contribution is 9.10. The molecule has 1 aliphatic heterocycles. The second kappa shape index (κ2) is 5.54. The van der Waals surface area contributed by atoms with E-state index in [1.54, 1.807) is 0 Å². The summed E-state index contributed by atoms with van der Waals surface area (Å²) in [4.78, 5) is 0. The largest absolute Gasteiger partial charge is 0.313 e. The Kier molecular flexibility index (Phi) is 4.24. The Morgan fingerprint density at radius 2 is 2.28 bits per heavy atom. The van der Waals surface area contributed by atoms with E-state index in [-0.39, 0.29) is 16.3 Å². The smallest absolute Gasteiger partial charge is 0.234 e. The van der Waals surface area contributed by atoms with Crippen molar-refractivity contribution in [1.82, 2.24) is 5.32 Å². The summed E-state index contributed by atoms with van der Waals surface area (Å²) in [5.74, 6) is -0.377. The van der Waals surface area contributed by atoms with Crippen LogP contribution in [0.15, 0.2) is 22.7 Å². The molecule has 1 aromatic carbocycles. The lowest BCUT2D eigenvalue weighted by molar-refractivity contribution is 0.581. The first-order valence-corrected chi connectivity index (χ1v) is 8.10. The molecule has 1 saturated heterocycles. The Bertz CT molecular complexity index is 530. The first-order valence-electron chi connectivity index (χ1n) is 5.65. The van der Waals surface area contributed by atoms with E-state index in [4.69, 9.17) is 0 Å². The molecule has 2 rings (SSSR count). The van der Waals surface area contributed by atoms with E-state index < -0.39 is 15.8 Å². The monoisotopic (exact) mass is 336 g/mol. The van der Waals surface area contributed by atoms with Crippen molar-refractivity contribution in [1.29, 1.82) is 0 Å². The van der Waals surface area contributed by atoms with E-state index in [1.807, 2.05) is 0 Å². The van der Waals surface area contributed by atoms with E-state index in [1.165, 1.54) is 18.2 Å². The van der Waals surface area contributed by atoms with Crippen molar-refractivity contribution in [3.05, 3.63) is 28.5 Å². The Labute approximate surface area is 114 Å². The molecule has 1 heterocycles. The summed E-state index contributed by atoms with van der Waals surface area (Å²) in [5, 5.41) is 3.13. The minimum atomic E-state index is -3.40. The van der Waals surface area contributed by atoms with Gasteiger partial charge in [-0.3, -0.25) is 4.72 Å². The fraction of sp³-hybridized carbons (Fsp3) is 0.455. The molecule has 0 amide bonds. The van der Waals surface area contributed by atoms with Crippen LogP contribution in [0.2, 0.25) is 0 Å². The van der Waals surface area contributed by atoms with Gasteiger partial charge in [0.15, 0.2) is 0 Å². The van der Waals surface area contributed by atoms with E-state index >= 15 is 0 Å². The van der Waals surface area contributed by atoms with Crippen molar-refractivity contribution < 1.29 is 12.8 Å². The lowest BCUT2D eigenvalue weighted by atomic mass is 10.3. The maximum Gasteiger partial charge on any atom is 0.234 e. The number of benzene rings is 1. The van der Waals surface area contributed by atoms with Crippen molar-refractivity contribution in [2.45, 2.75) is 18.9 Å². The minimum absolute atomic E-state index is 0.00592. The van der Waals surface area contributed by atoms with Gasteiger partial charge in [0.25, 0.3) is 0 Å². The van der Waals surface area contributed by atoms with E-state index in [0.29, 0.717) is 5.69 Å². The average Bonchev–Trinajstić information content (AvgIpc) is 2.75. The molecule has 1 aliphatic rings. The summed E-state index contributed by atoms with van der Waals surface area (Å²) in [6.07, 6.45) is 1.87. The van der Waals surface area contributed by atoms with Crippen LogP contribution in [-0.2, 0) is 10.0 Å². The third kappa shape index (κ3) is 3.66. The molecule has 100 valence electrons. The molecule has 1 unspecified atom stereocenters. The molecule has 1 aromatic rings. The molecule has 18 heavy (non-hydrogen) atoms. The molecule has 2 N–H and O–H groups in total. The first kappa shape index (κ1) is 13.8. The SMILES string of the molecule is O=S(=O)(CC1CCCN1)Nc1ccc(F)c(Br)c1. The number of sulfonamides is 1. The maximum absolute atomic E-state index is 13.0. The molecular weight excluding hydrogens is 323 g/mol. The number of nitrogens with one attached hydrogen (secondary N) is 2. The normalized spacial score (nSPS) is 20.0.